The molecule has 0 radical (unpaired) electrons. The summed E-state index contributed by atoms with van der Waals surface area (Å²) in [6.45, 7) is 3.92. The largest absolute Gasteiger partial charge is 0.314 e. The predicted molar refractivity (Wildman–Crippen MR) is 75.9 cm³/mol. The second-order valence-electron chi connectivity index (χ2n) is 5.56. The lowest BCUT2D eigenvalue weighted by atomic mass is 9.76. The summed E-state index contributed by atoms with van der Waals surface area (Å²) in [5.74, 6) is 0.412. The molecule has 0 bridgehead atoms. The highest BCUT2D eigenvalue weighted by atomic mass is 35.5. The maximum atomic E-state index is 14.2. The summed E-state index contributed by atoms with van der Waals surface area (Å²) in [7, 11) is 0. The van der Waals surface area contributed by atoms with E-state index in [1.54, 1.807) is 6.07 Å². The maximum absolute atomic E-state index is 14.2. The molecule has 104 valence electrons. The van der Waals surface area contributed by atoms with Gasteiger partial charge in [-0.2, -0.15) is 0 Å². The fourth-order valence-corrected chi connectivity index (χ4v) is 3.50. The lowest BCUT2D eigenvalue weighted by Crippen LogP contribution is -2.48. The third-order valence-electron chi connectivity index (χ3n) is 4.44. The zero-order valence-corrected chi connectivity index (χ0v) is 11.8. The van der Waals surface area contributed by atoms with Crippen molar-refractivity contribution in [3.05, 3.63) is 34.6 Å². The van der Waals surface area contributed by atoms with Gasteiger partial charge in [0.15, 0.2) is 0 Å². The molecule has 2 fully saturated rings. The number of nitrogens with zero attached hydrogens (tertiary/aromatic N) is 1. The van der Waals surface area contributed by atoms with Crippen molar-refractivity contribution >= 4 is 11.6 Å². The maximum Gasteiger partial charge on any atom is 0.129 e. The van der Waals surface area contributed by atoms with Gasteiger partial charge in [-0.15, -0.1) is 0 Å². The highest BCUT2D eigenvalue weighted by molar-refractivity contribution is 6.31. The molecule has 1 aliphatic carbocycles. The molecule has 0 spiro atoms. The van der Waals surface area contributed by atoms with Crippen molar-refractivity contribution in [2.45, 2.75) is 25.3 Å². The van der Waals surface area contributed by atoms with E-state index >= 15 is 0 Å². The van der Waals surface area contributed by atoms with Gasteiger partial charge in [-0.05, 0) is 30.9 Å². The third-order valence-corrected chi connectivity index (χ3v) is 4.77. The Morgan fingerprint density at radius 2 is 2.00 bits per heavy atom. The molecule has 1 aromatic rings. The summed E-state index contributed by atoms with van der Waals surface area (Å²) < 4.78 is 14.2. The molecule has 1 saturated heterocycles. The van der Waals surface area contributed by atoms with Gasteiger partial charge in [0, 0.05) is 42.8 Å². The molecule has 1 aromatic carbocycles. The predicted octanol–water partition coefficient (Wildman–Crippen LogP) is 3.23. The van der Waals surface area contributed by atoms with Crippen molar-refractivity contribution in [3.63, 3.8) is 0 Å². The normalized spacial score (nSPS) is 23.1. The lowest BCUT2D eigenvalue weighted by molar-refractivity contribution is 0.0812. The van der Waals surface area contributed by atoms with Crippen molar-refractivity contribution in [1.82, 2.24) is 10.2 Å². The van der Waals surface area contributed by atoms with Crippen LogP contribution in [0.5, 0.6) is 0 Å². The fourth-order valence-electron chi connectivity index (χ4n) is 3.23. The summed E-state index contributed by atoms with van der Waals surface area (Å²) >= 11 is 6.29. The van der Waals surface area contributed by atoms with Crippen molar-refractivity contribution in [3.8, 4) is 0 Å². The first-order valence-electron chi connectivity index (χ1n) is 7.16. The Hall–Kier alpha value is -0.640. The number of rotatable bonds is 3. The van der Waals surface area contributed by atoms with Crippen molar-refractivity contribution < 1.29 is 4.39 Å². The van der Waals surface area contributed by atoms with Crippen LogP contribution >= 0.6 is 11.6 Å². The van der Waals surface area contributed by atoms with E-state index < -0.39 is 0 Å². The molecule has 3 rings (SSSR count). The number of nitrogens with one attached hydrogen (secondary N) is 1. The van der Waals surface area contributed by atoms with Gasteiger partial charge in [-0.1, -0.05) is 24.1 Å². The van der Waals surface area contributed by atoms with Crippen LogP contribution in [0.15, 0.2) is 18.2 Å². The summed E-state index contributed by atoms with van der Waals surface area (Å²) in [4.78, 5) is 2.41. The average molecular weight is 283 g/mol. The smallest absolute Gasteiger partial charge is 0.129 e. The molecule has 19 heavy (non-hydrogen) atoms. The van der Waals surface area contributed by atoms with Crippen LogP contribution in [0.4, 0.5) is 4.39 Å². The van der Waals surface area contributed by atoms with Gasteiger partial charge in [0.05, 0.1) is 0 Å². The van der Waals surface area contributed by atoms with E-state index in [2.05, 4.69) is 10.2 Å². The van der Waals surface area contributed by atoms with Crippen LogP contribution in [-0.4, -0.2) is 31.1 Å². The molecule has 0 aromatic heterocycles. The molecule has 0 amide bonds. The van der Waals surface area contributed by atoms with Crippen molar-refractivity contribution in [1.29, 1.82) is 0 Å². The highest BCUT2D eigenvalue weighted by Gasteiger charge is 2.36. The summed E-state index contributed by atoms with van der Waals surface area (Å²) in [6.07, 6.45) is 3.65. The summed E-state index contributed by atoms with van der Waals surface area (Å²) in [5.41, 5.74) is 0.718. The number of hydrogen-bond donors (Lipinski definition) is 1. The Labute approximate surface area is 118 Å². The first-order valence-corrected chi connectivity index (χ1v) is 7.54. The molecule has 1 atom stereocenters. The summed E-state index contributed by atoms with van der Waals surface area (Å²) in [5, 5.41) is 3.94. The molecule has 2 nitrogen and oxygen atoms in total. The van der Waals surface area contributed by atoms with E-state index in [-0.39, 0.29) is 11.9 Å². The SMILES string of the molecule is Fc1cccc(Cl)c1[C@H](C1CCC1)N1CCNCC1. The van der Waals surface area contributed by atoms with E-state index in [9.17, 15) is 4.39 Å². The van der Waals surface area contributed by atoms with Crippen LogP contribution in [0.2, 0.25) is 5.02 Å². The number of hydrogen-bond acceptors (Lipinski definition) is 2. The molecule has 4 heteroatoms. The van der Waals surface area contributed by atoms with Crippen molar-refractivity contribution in [2.75, 3.05) is 26.2 Å². The Morgan fingerprint density at radius 1 is 1.26 bits per heavy atom. The van der Waals surface area contributed by atoms with E-state index in [0.29, 0.717) is 10.9 Å². The molecule has 2 aliphatic rings. The van der Waals surface area contributed by atoms with Gasteiger partial charge >= 0.3 is 0 Å². The van der Waals surface area contributed by atoms with Gasteiger partial charge in [0.25, 0.3) is 0 Å². The minimum Gasteiger partial charge on any atom is -0.314 e. The Bertz CT molecular complexity index is 422. The van der Waals surface area contributed by atoms with E-state index in [0.717, 1.165) is 31.7 Å². The van der Waals surface area contributed by atoms with Crippen LogP contribution < -0.4 is 5.32 Å². The van der Waals surface area contributed by atoms with Gasteiger partial charge < -0.3 is 5.32 Å². The monoisotopic (exact) mass is 282 g/mol. The first kappa shape index (κ1) is 13.3. The Morgan fingerprint density at radius 3 is 2.58 bits per heavy atom. The number of benzene rings is 1. The average Bonchev–Trinajstić information content (AvgIpc) is 2.36. The lowest BCUT2D eigenvalue weighted by Gasteiger charge is -2.43. The molecule has 1 aliphatic heterocycles. The second kappa shape index (κ2) is 5.78. The van der Waals surface area contributed by atoms with Gasteiger partial charge in [-0.3, -0.25) is 4.90 Å². The Balaban J connectivity index is 1.93. The highest BCUT2D eigenvalue weighted by Crippen LogP contribution is 2.44. The zero-order chi connectivity index (χ0) is 13.2. The van der Waals surface area contributed by atoms with E-state index in [4.69, 9.17) is 11.6 Å². The molecular weight excluding hydrogens is 263 g/mol. The quantitative estimate of drug-likeness (QED) is 0.916. The van der Waals surface area contributed by atoms with Gasteiger partial charge in [0.2, 0.25) is 0 Å². The minimum atomic E-state index is -0.150. The van der Waals surface area contributed by atoms with E-state index in [1.807, 2.05) is 6.07 Å². The second-order valence-corrected chi connectivity index (χ2v) is 5.96. The van der Waals surface area contributed by atoms with E-state index in [1.165, 1.54) is 25.3 Å². The first-order chi connectivity index (χ1) is 9.27. The van der Waals surface area contributed by atoms with Gasteiger partial charge in [-0.25, -0.2) is 4.39 Å². The molecule has 0 unspecified atom stereocenters. The van der Waals surface area contributed by atoms with Crippen LogP contribution in [0, 0.1) is 11.7 Å². The number of piperazine rings is 1. The standard InChI is InChI=1S/C15H20ClFN2/c16-12-5-2-6-13(17)14(12)15(11-3-1-4-11)19-9-7-18-8-10-19/h2,5-6,11,15,18H,1,3-4,7-10H2/t15-/m0/s1. The minimum absolute atomic E-state index is 0.150. The molecule has 1 saturated carbocycles. The van der Waals surface area contributed by atoms with Crippen LogP contribution in [0.1, 0.15) is 30.9 Å². The fraction of sp³-hybridized carbons (Fsp3) is 0.600. The molecular formula is C15H20ClFN2. The molecule has 1 heterocycles. The van der Waals surface area contributed by atoms with Crippen LogP contribution in [0.3, 0.4) is 0 Å². The zero-order valence-electron chi connectivity index (χ0n) is 11.0. The third kappa shape index (κ3) is 2.64. The molecule has 1 N–H and O–H groups in total. The topological polar surface area (TPSA) is 15.3 Å². The van der Waals surface area contributed by atoms with Crippen molar-refractivity contribution in [2.24, 2.45) is 5.92 Å². The van der Waals surface area contributed by atoms with Crippen LogP contribution in [0.25, 0.3) is 0 Å². The number of halogens is 2. The summed E-state index contributed by atoms with van der Waals surface area (Å²) in [6, 6.07) is 5.20. The van der Waals surface area contributed by atoms with Crippen LogP contribution in [-0.2, 0) is 0 Å². The Kier molecular flexibility index (Phi) is 4.06. The van der Waals surface area contributed by atoms with Gasteiger partial charge in [0.1, 0.15) is 5.82 Å².